The molecular weight excluding hydrogens is 420 g/mol. The number of carbonyl (C=O) groups is 2. The Morgan fingerprint density at radius 2 is 1.97 bits per heavy atom. The van der Waals surface area contributed by atoms with Crippen LogP contribution in [0, 0.1) is 25.2 Å². The average Bonchev–Trinajstić information content (AvgIpc) is 3.05. The normalized spacial score (nSPS) is 11.7. The average molecular weight is 441 g/mol. The lowest BCUT2D eigenvalue weighted by Crippen LogP contribution is -2.22. The Morgan fingerprint density at radius 1 is 1.27 bits per heavy atom. The van der Waals surface area contributed by atoms with Crippen LogP contribution in [0.25, 0.3) is 10.2 Å². The molecule has 1 aromatic carbocycles. The number of thiophene rings is 1. The summed E-state index contributed by atoms with van der Waals surface area (Å²) in [5.41, 5.74) is 1.90. The third-order valence-corrected chi connectivity index (χ3v) is 6.52. The van der Waals surface area contributed by atoms with E-state index in [0.717, 1.165) is 10.9 Å². The van der Waals surface area contributed by atoms with Crippen molar-refractivity contribution in [2.45, 2.75) is 38.0 Å². The highest BCUT2D eigenvalue weighted by Crippen LogP contribution is 2.37. The van der Waals surface area contributed by atoms with E-state index in [9.17, 15) is 9.59 Å². The standard InChI is InChI=1S/C21H20N4O3S2/c1-5-28-21(27)17-11(2)16-19(23-13(4)24-20(16)30-17)29-12(3)18(26)25-15-8-6-14(10-22)7-9-15/h6-9,12H,5H2,1-4H3,(H,25,26)/t12-/m1/s1. The van der Waals surface area contributed by atoms with Crippen molar-refractivity contribution in [1.29, 1.82) is 5.26 Å². The highest BCUT2D eigenvalue weighted by atomic mass is 32.2. The predicted octanol–water partition coefficient (Wildman–Crippen LogP) is 4.48. The number of anilines is 1. The van der Waals surface area contributed by atoms with E-state index in [-0.39, 0.29) is 11.9 Å². The zero-order valence-corrected chi connectivity index (χ0v) is 18.6. The molecule has 0 saturated heterocycles. The van der Waals surface area contributed by atoms with Crippen LogP contribution in [0.15, 0.2) is 29.3 Å². The highest BCUT2D eigenvalue weighted by Gasteiger charge is 2.24. The molecule has 0 unspecified atom stereocenters. The SMILES string of the molecule is CCOC(=O)c1sc2nc(C)nc(S[C@H](C)C(=O)Nc3ccc(C#N)cc3)c2c1C. The molecule has 0 bridgehead atoms. The van der Waals surface area contributed by atoms with E-state index >= 15 is 0 Å². The Hall–Kier alpha value is -2.96. The summed E-state index contributed by atoms with van der Waals surface area (Å²) in [6, 6.07) is 8.72. The third-order valence-electron chi connectivity index (χ3n) is 4.27. The number of nitriles is 1. The zero-order chi connectivity index (χ0) is 21.8. The minimum absolute atomic E-state index is 0.187. The lowest BCUT2D eigenvalue weighted by Gasteiger charge is -2.13. The summed E-state index contributed by atoms with van der Waals surface area (Å²) in [4.78, 5) is 35.1. The maximum absolute atomic E-state index is 12.7. The first-order valence-electron chi connectivity index (χ1n) is 9.26. The molecule has 0 fully saturated rings. The number of esters is 1. The fraction of sp³-hybridized carbons (Fsp3) is 0.286. The summed E-state index contributed by atoms with van der Waals surface area (Å²) < 4.78 is 5.14. The second kappa shape index (κ2) is 9.24. The number of aryl methyl sites for hydroxylation is 2. The first kappa shape index (κ1) is 21.7. The first-order chi connectivity index (χ1) is 14.3. The van der Waals surface area contributed by atoms with Crippen LogP contribution in [0.1, 0.15) is 40.5 Å². The van der Waals surface area contributed by atoms with Crippen molar-refractivity contribution in [3.8, 4) is 6.07 Å². The van der Waals surface area contributed by atoms with Gasteiger partial charge in [-0.15, -0.1) is 11.3 Å². The van der Waals surface area contributed by atoms with Crippen LogP contribution in [0.5, 0.6) is 0 Å². The van der Waals surface area contributed by atoms with Gasteiger partial charge in [-0.2, -0.15) is 5.26 Å². The first-order valence-corrected chi connectivity index (χ1v) is 11.0. The number of hydrogen-bond acceptors (Lipinski definition) is 8. The van der Waals surface area contributed by atoms with E-state index in [0.29, 0.717) is 38.4 Å². The number of benzene rings is 1. The predicted molar refractivity (Wildman–Crippen MR) is 118 cm³/mol. The molecule has 0 saturated carbocycles. The molecule has 1 atom stereocenters. The third kappa shape index (κ3) is 4.61. The van der Waals surface area contributed by atoms with Gasteiger partial charge in [-0.25, -0.2) is 14.8 Å². The maximum Gasteiger partial charge on any atom is 0.348 e. The van der Waals surface area contributed by atoms with Crippen LogP contribution in [-0.2, 0) is 9.53 Å². The lowest BCUT2D eigenvalue weighted by atomic mass is 10.2. The molecule has 7 nitrogen and oxygen atoms in total. The van der Waals surface area contributed by atoms with Gasteiger partial charge in [0, 0.05) is 11.1 Å². The lowest BCUT2D eigenvalue weighted by molar-refractivity contribution is -0.115. The van der Waals surface area contributed by atoms with Gasteiger partial charge in [0.05, 0.1) is 23.5 Å². The summed E-state index contributed by atoms with van der Waals surface area (Å²) in [6.45, 7) is 7.48. The van der Waals surface area contributed by atoms with Crippen molar-refractivity contribution in [1.82, 2.24) is 9.97 Å². The van der Waals surface area contributed by atoms with E-state index in [4.69, 9.17) is 10.00 Å². The van der Waals surface area contributed by atoms with Gasteiger partial charge in [-0.1, -0.05) is 11.8 Å². The van der Waals surface area contributed by atoms with Crippen LogP contribution in [0.2, 0.25) is 0 Å². The van der Waals surface area contributed by atoms with Crippen molar-refractivity contribution < 1.29 is 14.3 Å². The van der Waals surface area contributed by atoms with Gasteiger partial charge in [0.25, 0.3) is 0 Å². The summed E-state index contributed by atoms with van der Waals surface area (Å²) in [7, 11) is 0. The fourth-order valence-electron chi connectivity index (χ4n) is 2.77. The second-order valence-electron chi connectivity index (χ2n) is 6.47. The van der Waals surface area contributed by atoms with Gasteiger partial charge < -0.3 is 10.1 Å². The molecule has 0 aliphatic heterocycles. The van der Waals surface area contributed by atoms with Crippen molar-refractivity contribution in [3.05, 3.63) is 46.1 Å². The monoisotopic (exact) mass is 440 g/mol. The van der Waals surface area contributed by atoms with Crippen LogP contribution < -0.4 is 5.32 Å². The number of rotatable bonds is 6. The minimum atomic E-state index is -0.441. The summed E-state index contributed by atoms with van der Waals surface area (Å²) in [6.07, 6.45) is 0. The van der Waals surface area contributed by atoms with Gasteiger partial charge in [-0.05, 0) is 57.5 Å². The maximum atomic E-state index is 12.7. The molecule has 154 valence electrons. The topological polar surface area (TPSA) is 105 Å². The molecule has 2 aromatic heterocycles. The minimum Gasteiger partial charge on any atom is -0.462 e. The molecule has 0 spiro atoms. The van der Waals surface area contributed by atoms with Crippen LogP contribution >= 0.6 is 23.1 Å². The van der Waals surface area contributed by atoms with E-state index in [1.165, 1.54) is 23.1 Å². The van der Waals surface area contributed by atoms with Gasteiger partial charge in [-0.3, -0.25) is 4.79 Å². The Bertz CT molecular complexity index is 1150. The molecule has 0 aliphatic rings. The van der Waals surface area contributed by atoms with E-state index in [1.54, 1.807) is 45.0 Å². The molecule has 1 N–H and O–H groups in total. The molecule has 30 heavy (non-hydrogen) atoms. The van der Waals surface area contributed by atoms with Crippen LogP contribution in [-0.4, -0.2) is 33.7 Å². The van der Waals surface area contributed by atoms with Gasteiger partial charge in [0.2, 0.25) is 5.91 Å². The second-order valence-corrected chi connectivity index (χ2v) is 8.80. The van der Waals surface area contributed by atoms with Gasteiger partial charge in [0.1, 0.15) is 20.6 Å². The van der Waals surface area contributed by atoms with E-state index < -0.39 is 5.25 Å². The Kier molecular flexibility index (Phi) is 6.70. The van der Waals surface area contributed by atoms with E-state index in [2.05, 4.69) is 15.3 Å². The number of hydrogen-bond donors (Lipinski definition) is 1. The number of nitrogens with one attached hydrogen (secondary N) is 1. The molecule has 0 aliphatic carbocycles. The Morgan fingerprint density at radius 3 is 2.60 bits per heavy atom. The number of aromatic nitrogens is 2. The van der Waals surface area contributed by atoms with Crippen LogP contribution in [0.3, 0.4) is 0 Å². The molecule has 2 heterocycles. The Balaban J connectivity index is 1.85. The van der Waals surface area contributed by atoms with Crippen molar-refractivity contribution in [2.24, 2.45) is 0 Å². The quantitative estimate of drug-likeness (QED) is 0.342. The number of fused-ring (bicyclic) bond motifs is 1. The summed E-state index contributed by atoms with van der Waals surface area (Å²) in [5, 5.41) is 12.7. The molecule has 1 amide bonds. The molecular formula is C21H20N4O3S2. The van der Waals surface area contributed by atoms with Gasteiger partial charge >= 0.3 is 5.97 Å². The number of ether oxygens (including phenoxy) is 1. The number of carbonyl (C=O) groups excluding carboxylic acids is 2. The molecule has 3 rings (SSSR count). The number of amides is 1. The van der Waals surface area contributed by atoms with Crippen molar-refractivity contribution >= 4 is 50.9 Å². The summed E-state index contributed by atoms with van der Waals surface area (Å²) >= 11 is 2.59. The van der Waals surface area contributed by atoms with E-state index in [1.807, 2.05) is 13.0 Å². The number of thioether (sulfide) groups is 1. The van der Waals surface area contributed by atoms with Gasteiger partial charge in [0.15, 0.2) is 0 Å². The summed E-state index contributed by atoms with van der Waals surface area (Å²) in [5.74, 6) is 0.00666. The van der Waals surface area contributed by atoms with Crippen LogP contribution in [0.4, 0.5) is 5.69 Å². The Labute approximate surface area is 182 Å². The molecule has 3 aromatic rings. The highest BCUT2D eigenvalue weighted by molar-refractivity contribution is 8.00. The largest absolute Gasteiger partial charge is 0.462 e. The van der Waals surface area contributed by atoms with Crippen molar-refractivity contribution in [3.63, 3.8) is 0 Å². The zero-order valence-electron chi connectivity index (χ0n) is 17.0. The molecule has 0 radical (unpaired) electrons. The smallest absolute Gasteiger partial charge is 0.348 e. The number of nitrogens with zero attached hydrogens (tertiary/aromatic N) is 3. The fourth-order valence-corrected chi connectivity index (χ4v) is 5.01. The molecule has 9 heteroatoms. The van der Waals surface area contributed by atoms with Crippen molar-refractivity contribution in [2.75, 3.05) is 11.9 Å².